The fraction of sp³-hybridized carbons (Fsp3) is 0.235. The Bertz CT molecular complexity index is 1750. The van der Waals surface area contributed by atoms with E-state index in [1.165, 1.54) is 10.5 Å². The van der Waals surface area contributed by atoms with E-state index < -0.39 is 0 Å². The summed E-state index contributed by atoms with van der Waals surface area (Å²) in [5, 5.41) is 0. The Hall–Kier alpha value is -3.81. The van der Waals surface area contributed by atoms with Crippen LogP contribution in [0.25, 0.3) is 49.3 Å². The smallest absolute Gasteiger partial charge is 0.131 e. The third-order valence-corrected chi connectivity index (χ3v) is 9.37. The van der Waals surface area contributed by atoms with Gasteiger partial charge in [-0.1, -0.05) is 62.7 Å². The molecule has 6 rings (SSSR count). The quantitative estimate of drug-likeness (QED) is 0.173. The number of thiophene rings is 1. The minimum atomic E-state index is -0.288. The molecule has 2 aromatic heterocycles. The number of benzene rings is 3. The second-order valence-corrected chi connectivity index (χ2v) is 12.0. The zero-order valence-corrected chi connectivity index (χ0v) is 24.9. The van der Waals surface area contributed by atoms with Crippen molar-refractivity contribution in [2.75, 3.05) is 13.7 Å². The summed E-state index contributed by atoms with van der Waals surface area (Å²) < 4.78 is 35.9. The van der Waals surface area contributed by atoms with Gasteiger partial charge in [-0.05, 0) is 65.4 Å². The van der Waals surface area contributed by atoms with Gasteiger partial charge in [0.05, 0.1) is 31.2 Å². The van der Waals surface area contributed by atoms with E-state index in [2.05, 4.69) is 46.9 Å². The monoisotopic (exact) mass is 582 g/mol. The van der Waals surface area contributed by atoms with Crippen LogP contribution in [0, 0.1) is 11.7 Å². The highest BCUT2D eigenvalue weighted by Crippen LogP contribution is 2.41. The van der Waals surface area contributed by atoms with Crippen molar-refractivity contribution >= 4 is 39.7 Å². The molecule has 0 amide bonds. The molecule has 208 valence electrons. The lowest BCUT2D eigenvalue weighted by Crippen LogP contribution is -2.06. The Kier molecular flexibility index (Phi) is 7.99. The summed E-state index contributed by atoms with van der Waals surface area (Å²) in [5.41, 5.74) is 6.87. The summed E-state index contributed by atoms with van der Waals surface area (Å²) in [5.74, 6) is 2.12. The second kappa shape index (κ2) is 12.0. The summed E-state index contributed by atoms with van der Waals surface area (Å²) in [6.45, 7) is 5.19. The first kappa shape index (κ1) is 27.4. The molecule has 0 radical (unpaired) electrons. The SMILES string of the molecule is CCC(C)COC1=CC=C(c2ccc(-c3ccc(-c4ccc(-c5ccc(OC)cc5)cc4F)c4nsnc34)s2)CC1. The van der Waals surface area contributed by atoms with Crippen LogP contribution in [0.3, 0.4) is 0 Å². The van der Waals surface area contributed by atoms with Gasteiger partial charge in [-0.25, -0.2) is 4.39 Å². The zero-order chi connectivity index (χ0) is 28.3. The standard InChI is InChI=1S/C34H31FN2O2S2/c1-4-21(2)20-39-26-12-7-23(8-13-26)31-17-18-32(40-31)29-16-15-28(33-34(29)37-41-36-33)27-14-9-24(19-30(27)35)22-5-10-25(38-3)11-6-22/h5-7,9-12,14-19,21H,4,8,13,20H2,1-3H3. The van der Waals surface area contributed by atoms with E-state index in [-0.39, 0.29) is 5.82 Å². The number of hydrogen-bond donors (Lipinski definition) is 0. The third kappa shape index (κ3) is 5.69. The van der Waals surface area contributed by atoms with Gasteiger partial charge in [0.1, 0.15) is 22.6 Å². The Morgan fingerprint density at radius 1 is 0.829 bits per heavy atom. The van der Waals surface area contributed by atoms with Crippen molar-refractivity contribution in [3.05, 3.63) is 95.3 Å². The van der Waals surface area contributed by atoms with E-state index in [9.17, 15) is 0 Å². The van der Waals surface area contributed by atoms with E-state index in [4.69, 9.17) is 9.47 Å². The lowest BCUT2D eigenvalue weighted by atomic mass is 9.97. The fourth-order valence-electron chi connectivity index (χ4n) is 4.95. The van der Waals surface area contributed by atoms with Gasteiger partial charge in [-0.15, -0.1) is 11.3 Å². The van der Waals surface area contributed by atoms with Crippen LogP contribution in [-0.4, -0.2) is 22.5 Å². The lowest BCUT2D eigenvalue weighted by Gasteiger charge is -2.17. The van der Waals surface area contributed by atoms with E-state index in [1.54, 1.807) is 24.5 Å². The van der Waals surface area contributed by atoms with Crippen LogP contribution in [0.15, 0.2) is 84.6 Å². The Labute approximate surface area is 248 Å². The Morgan fingerprint density at radius 2 is 1.54 bits per heavy atom. The minimum Gasteiger partial charge on any atom is -0.498 e. The van der Waals surface area contributed by atoms with Gasteiger partial charge in [0.25, 0.3) is 0 Å². The number of ether oxygens (including phenoxy) is 2. The van der Waals surface area contributed by atoms with E-state index >= 15 is 4.39 Å². The van der Waals surface area contributed by atoms with Crippen molar-refractivity contribution < 1.29 is 13.9 Å². The van der Waals surface area contributed by atoms with Crippen LogP contribution in [0.2, 0.25) is 0 Å². The van der Waals surface area contributed by atoms with Gasteiger partial charge in [0, 0.05) is 32.9 Å². The second-order valence-electron chi connectivity index (χ2n) is 10.4. The number of rotatable bonds is 9. The molecule has 0 spiro atoms. The van der Waals surface area contributed by atoms with Crippen LogP contribution in [0.1, 0.15) is 38.0 Å². The zero-order valence-electron chi connectivity index (χ0n) is 23.3. The molecule has 2 heterocycles. The maximum Gasteiger partial charge on any atom is 0.131 e. The highest BCUT2D eigenvalue weighted by molar-refractivity contribution is 7.16. The molecule has 0 aliphatic heterocycles. The van der Waals surface area contributed by atoms with Gasteiger partial charge in [-0.3, -0.25) is 0 Å². The molecule has 1 aliphatic carbocycles. The van der Waals surface area contributed by atoms with Crippen molar-refractivity contribution in [3.63, 3.8) is 0 Å². The summed E-state index contributed by atoms with van der Waals surface area (Å²) >= 11 is 2.92. The Balaban J connectivity index is 1.26. The first-order valence-electron chi connectivity index (χ1n) is 13.9. The van der Waals surface area contributed by atoms with Crippen molar-refractivity contribution in [2.24, 2.45) is 5.92 Å². The van der Waals surface area contributed by atoms with Crippen LogP contribution in [0.4, 0.5) is 4.39 Å². The molecule has 0 saturated carbocycles. The molecule has 1 atom stereocenters. The lowest BCUT2D eigenvalue weighted by molar-refractivity contribution is 0.162. The van der Waals surface area contributed by atoms with E-state index in [0.29, 0.717) is 11.5 Å². The predicted octanol–water partition coefficient (Wildman–Crippen LogP) is 10.0. The number of methoxy groups -OCH3 is 1. The highest BCUT2D eigenvalue weighted by atomic mass is 32.1. The number of halogens is 1. The van der Waals surface area contributed by atoms with E-state index in [0.717, 1.165) is 87.3 Å². The van der Waals surface area contributed by atoms with Gasteiger partial charge in [0.15, 0.2) is 0 Å². The summed E-state index contributed by atoms with van der Waals surface area (Å²) in [7, 11) is 1.63. The van der Waals surface area contributed by atoms with Gasteiger partial charge < -0.3 is 9.47 Å². The third-order valence-electron chi connectivity index (χ3n) is 7.65. The average Bonchev–Trinajstić information content (AvgIpc) is 3.71. The molecule has 3 aromatic carbocycles. The molecular formula is C34H31FN2O2S2. The molecule has 7 heteroatoms. The predicted molar refractivity (Wildman–Crippen MR) is 169 cm³/mol. The number of nitrogens with zero attached hydrogens (tertiary/aromatic N) is 2. The van der Waals surface area contributed by atoms with Crippen molar-refractivity contribution in [1.29, 1.82) is 0 Å². The summed E-state index contributed by atoms with van der Waals surface area (Å²) in [4.78, 5) is 2.38. The molecule has 0 saturated heterocycles. The van der Waals surface area contributed by atoms with Crippen LogP contribution in [0.5, 0.6) is 5.75 Å². The van der Waals surface area contributed by atoms with Crippen molar-refractivity contribution in [3.8, 4) is 38.4 Å². The minimum absolute atomic E-state index is 0.288. The number of hydrogen-bond acceptors (Lipinski definition) is 6. The molecule has 5 aromatic rings. The van der Waals surface area contributed by atoms with Crippen molar-refractivity contribution in [1.82, 2.24) is 8.75 Å². The maximum absolute atomic E-state index is 15.5. The topological polar surface area (TPSA) is 44.2 Å². The van der Waals surface area contributed by atoms with Crippen molar-refractivity contribution in [2.45, 2.75) is 33.1 Å². The van der Waals surface area contributed by atoms with Crippen LogP contribution >= 0.6 is 23.1 Å². The first-order valence-corrected chi connectivity index (χ1v) is 15.4. The molecule has 4 nitrogen and oxygen atoms in total. The molecule has 0 fully saturated rings. The molecular weight excluding hydrogens is 552 g/mol. The van der Waals surface area contributed by atoms with Gasteiger partial charge >= 0.3 is 0 Å². The number of aromatic nitrogens is 2. The van der Waals surface area contributed by atoms with E-state index in [1.807, 2.05) is 48.5 Å². The largest absolute Gasteiger partial charge is 0.498 e. The molecule has 0 bridgehead atoms. The first-order chi connectivity index (χ1) is 20.0. The fourth-order valence-corrected chi connectivity index (χ4v) is 6.60. The summed E-state index contributed by atoms with van der Waals surface area (Å²) in [6, 6.07) is 21.3. The Morgan fingerprint density at radius 3 is 2.24 bits per heavy atom. The van der Waals surface area contributed by atoms with Gasteiger partial charge in [0.2, 0.25) is 0 Å². The molecule has 0 N–H and O–H groups in total. The van der Waals surface area contributed by atoms with Crippen LogP contribution in [-0.2, 0) is 4.74 Å². The molecule has 41 heavy (non-hydrogen) atoms. The molecule has 1 aliphatic rings. The van der Waals surface area contributed by atoms with Gasteiger partial charge in [-0.2, -0.15) is 8.75 Å². The maximum atomic E-state index is 15.5. The summed E-state index contributed by atoms with van der Waals surface area (Å²) in [6.07, 6.45) is 7.32. The van der Waals surface area contributed by atoms with Crippen LogP contribution < -0.4 is 4.74 Å². The average molecular weight is 583 g/mol. The number of allylic oxidation sites excluding steroid dienone is 4. The highest BCUT2D eigenvalue weighted by Gasteiger charge is 2.19. The normalized spacial score (nSPS) is 14.0. The molecule has 1 unspecified atom stereocenters. The number of fused-ring (bicyclic) bond motifs is 1.